The molecule has 5 rings (SSSR count). The second kappa shape index (κ2) is 9.49. The molecule has 2 amide bonds. The van der Waals surface area contributed by atoms with Gasteiger partial charge in [-0.05, 0) is 43.3 Å². The third kappa shape index (κ3) is 4.48. The van der Waals surface area contributed by atoms with Gasteiger partial charge in [-0.3, -0.25) is 14.4 Å². The highest BCUT2D eigenvalue weighted by molar-refractivity contribution is 5.93. The van der Waals surface area contributed by atoms with Crippen LogP contribution in [0.4, 0.5) is 5.69 Å². The second-order valence-electron chi connectivity index (χ2n) is 8.42. The molecule has 0 atom stereocenters. The molecule has 0 saturated carbocycles. The van der Waals surface area contributed by atoms with Crippen molar-refractivity contribution >= 4 is 39.3 Å². The fraction of sp³-hybridized carbons (Fsp3) is 0.192. The van der Waals surface area contributed by atoms with Crippen LogP contribution in [0.5, 0.6) is 0 Å². The quantitative estimate of drug-likeness (QED) is 0.366. The Morgan fingerprint density at radius 1 is 1.06 bits per heavy atom. The number of amides is 2. The van der Waals surface area contributed by atoms with Crippen LogP contribution in [0, 0.1) is 6.92 Å². The number of carbonyl (C=O) groups excluding carboxylic acids is 2. The lowest BCUT2D eigenvalue weighted by Gasteiger charge is -2.09. The number of carbonyl (C=O) groups is 2. The first-order valence-electron chi connectivity index (χ1n) is 11.4. The standard InChI is InChI=1S/C26H24N6O4/c1-16-18-6-3-4-7-19(18)26(35)32(30-16)15-24(33)28-17-9-10-21-20(14-17)29-23(31(21)2)11-12-27-25(34)22-8-5-13-36-22/h3-10,13-14H,11-12,15H2,1-2H3,(H,27,34)(H,28,33). The molecule has 0 aliphatic rings. The number of furan rings is 1. The molecule has 0 bridgehead atoms. The number of nitrogens with one attached hydrogen (secondary N) is 2. The Bertz CT molecular complexity index is 1650. The number of nitrogens with zero attached hydrogens (tertiary/aromatic N) is 4. The molecule has 36 heavy (non-hydrogen) atoms. The summed E-state index contributed by atoms with van der Waals surface area (Å²) in [4.78, 5) is 42.2. The monoisotopic (exact) mass is 484 g/mol. The maximum absolute atomic E-state index is 12.8. The van der Waals surface area contributed by atoms with Gasteiger partial charge in [0.25, 0.3) is 11.5 Å². The summed E-state index contributed by atoms with van der Waals surface area (Å²) >= 11 is 0. The molecule has 3 heterocycles. The van der Waals surface area contributed by atoms with E-state index in [1.54, 1.807) is 36.4 Å². The molecule has 0 aliphatic carbocycles. The maximum atomic E-state index is 12.8. The van der Waals surface area contributed by atoms with Gasteiger partial charge in [-0.25, -0.2) is 9.67 Å². The Kier molecular flexibility index (Phi) is 6.07. The van der Waals surface area contributed by atoms with E-state index in [0.29, 0.717) is 35.2 Å². The average Bonchev–Trinajstić information content (AvgIpc) is 3.51. The number of fused-ring (bicyclic) bond motifs is 2. The molecule has 0 unspecified atom stereocenters. The molecule has 2 aromatic carbocycles. The molecule has 10 nitrogen and oxygen atoms in total. The van der Waals surface area contributed by atoms with Crippen molar-refractivity contribution < 1.29 is 14.0 Å². The summed E-state index contributed by atoms with van der Waals surface area (Å²) in [6, 6.07) is 15.9. The lowest BCUT2D eigenvalue weighted by atomic mass is 10.1. The topological polar surface area (TPSA) is 124 Å². The zero-order chi connectivity index (χ0) is 25.2. The summed E-state index contributed by atoms with van der Waals surface area (Å²) in [5.41, 5.74) is 2.54. The van der Waals surface area contributed by atoms with E-state index in [-0.39, 0.29) is 29.7 Å². The summed E-state index contributed by atoms with van der Waals surface area (Å²) < 4.78 is 8.22. The van der Waals surface area contributed by atoms with Crippen LogP contribution < -0.4 is 16.2 Å². The number of aryl methyl sites for hydroxylation is 2. The van der Waals surface area contributed by atoms with Crippen LogP contribution >= 0.6 is 0 Å². The third-order valence-electron chi connectivity index (χ3n) is 5.98. The number of anilines is 1. The molecule has 3 aromatic heterocycles. The summed E-state index contributed by atoms with van der Waals surface area (Å²) in [7, 11) is 1.90. The first kappa shape index (κ1) is 23.0. The fourth-order valence-electron chi connectivity index (χ4n) is 4.18. The minimum absolute atomic E-state index is 0.203. The van der Waals surface area contributed by atoms with Gasteiger partial charge in [0.15, 0.2) is 5.76 Å². The molecule has 10 heteroatoms. The summed E-state index contributed by atoms with van der Waals surface area (Å²) in [6.07, 6.45) is 1.98. The van der Waals surface area contributed by atoms with E-state index < -0.39 is 0 Å². The van der Waals surface area contributed by atoms with Gasteiger partial charge in [0.05, 0.1) is 28.4 Å². The second-order valence-corrected chi connectivity index (χ2v) is 8.42. The summed E-state index contributed by atoms with van der Waals surface area (Å²) in [5, 5.41) is 11.2. The van der Waals surface area contributed by atoms with E-state index in [9.17, 15) is 14.4 Å². The first-order valence-corrected chi connectivity index (χ1v) is 11.4. The maximum Gasteiger partial charge on any atom is 0.286 e. The van der Waals surface area contributed by atoms with Crippen molar-refractivity contribution in [1.29, 1.82) is 0 Å². The molecular formula is C26H24N6O4. The van der Waals surface area contributed by atoms with Gasteiger partial charge in [-0.2, -0.15) is 5.10 Å². The predicted molar refractivity (Wildman–Crippen MR) is 135 cm³/mol. The van der Waals surface area contributed by atoms with Crippen molar-refractivity contribution in [2.75, 3.05) is 11.9 Å². The number of rotatable bonds is 7. The van der Waals surface area contributed by atoms with Crippen LogP contribution in [0.1, 0.15) is 22.1 Å². The molecule has 0 aliphatic heterocycles. The van der Waals surface area contributed by atoms with Crippen LogP contribution in [-0.2, 0) is 24.8 Å². The van der Waals surface area contributed by atoms with Gasteiger partial charge < -0.3 is 19.6 Å². The van der Waals surface area contributed by atoms with Crippen molar-refractivity contribution in [2.45, 2.75) is 19.9 Å². The molecule has 0 radical (unpaired) electrons. The number of hydrogen-bond donors (Lipinski definition) is 2. The Morgan fingerprint density at radius 2 is 1.86 bits per heavy atom. The lowest BCUT2D eigenvalue weighted by molar-refractivity contribution is -0.117. The van der Waals surface area contributed by atoms with Crippen LogP contribution in [0.2, 0.25) is 0 Å². The normalized spacial score (nSPS) is 11.2. The Labute approximate surface area is 205 Å². The van der Waals surface area contributed by atoms with Crippen molar-refractivity contribution in [3.05, 3.63) is 88.5 Å². The molecule has 0 spiro atoms. The molecule has 5 aromatic rings. The van der Waals surface area contributed by atoms with Crippen molar-refractivity contribution in [3.63, 3.8) is 0 Å². The zero-order valence-corrected chi connectivity index (χ0v) is 19.8. The van der Waals surface area contributed by atoms with Crippen LogP contribution in [0.25, 0.3) is 21.8 Å². The minimum Gasteiger partial charge on any atom is -0.459 e. The molecule has 2 N–H and O–H groups in total. The van der Waals surface area contributed by atoms with Gasteiger partial charge in [0.2, 0.25) is 5.91 Å². The van der Waals surface area contributed by atoms with E-state index in [0.717, 1.165) is 16.7 Å². The van der Waals surface area contributed by atoms with Gasteiger partial charge >= 0.3 is 0 Å². The first-order chi connectivity index (χ1) is 17.4. The smallest absolute Gasteiger partial charge is 0.286 e. The highest BCUT2D eigenvalue weighted by Gasteiger charge is 2.14. The lowest BCUT2D eigenvalue weighted by Crippen LogP contribution is -2.30. The van der Waals surface area contributed by atoms with Gasteiger partial charge in [-0.1, -0.05) is 18.2 Å². The number of hydrogen-bond acceptors (Lipinski definition) is 6. The summed E-state index contributed by atoms with van der Waals surface area (Å²) in [6.45, 7) is 2.00. The molecule has 0 fully saturated rings. The Hall–Kier alpha value is -4.73. The number of imidazole rings is 1. The predicted octanol–water partition coefficient (Wildman–Crippen LogP) is 2.80. The SMILES string of the molecule is Cc1nn(CC(=O)Nc2ccc3c(c2)nc(CCNC(=O)c2ccco2)n3C)c(=O)c2ccccc12. The summed E-state index contributed by atoms with van der Waals surface area (Å²) in [5.74, 6) is 0.404. The van der Waals surface area contributed by atoms with E-state index in [1.807, 2.05) is 36.7 Å². The van der Waals surface area contributed by atoms with E-state index in [1.165, 1.54) is 10.9 Å². The fourth-order valence-corrected chi connectivity index (χ4v) is 4.18. The van der Waals surface area contributed by atoms with Gasteiger partial charge in [0.1, 0.15) is 12.4 Å². The largest absolute Gasteiger partial charge is 0.459 e. The van der Waals surface area contributed by atoms with Crippen molar-refractivity contribution in [1.82, 2.24) is 24.6 Å². The van der Waals surface area contributed by atoms with E-state index in [4.69, 9.17) is 4.42 Å². The molecular weight excluding hydrogens is 460 g/mol. The minimum atomic E-state index is -0.365. The van der Waals surface area contributed by atoms with Gasteiger partial charge in [-0.15, -0.1) is 0 Å². The number of benzene rings is 2. The zero-order valence-electron chi connectivity index (χ0n) is 19.8. The van der Waals surface area contributed by atoms with Gasteiger partial charge in [0, 0.05) is 31.1 Å². The van der Waals surface area contributed by atoms with E-state index >= 15 is 0 Å². The molecule has 0 saturated heterocycles. The Morgan fingerprint density at radius 3 is 2.64 bits per heavy atom. The number of aromatic nitrogens is 4. The Balaban J connectivity index is 1.27. The van der Waals surface area contributed by atoms with Crippen LogP contribution in [0.15, 0.2) is 70.1 Å². The molecule has 182 valence electrons. The van der Waals surface area contributed by atoms with Crippen LogP contribution in [0.3, 0.4) is 0 Å². The van der Waals surface area contributed by atoms with E-state index in [2.05, 4.69) is 20.7 Å². The van der Waals surface area contributed by atoms with Crippen LogP contribution in [-0.4, -0.2) is 37.7 Å². The third-order valence-corrected chi connectivity index (χ3v) is 5.98. The van der Waals surface area contributed by atoms with Crippen molar-refractivity contribution in [3.8, 4) is 0 Å². The van der Waals surface area contributed by atoms with Crippen molar-refractivity contribution in [2.24, 2.45) is 7.05 Å². The average molecular weight is 485 g/mol. The highest BCUT2D eigenvalue weighted by Crippen LogP contribution is 2.20. The highest BCUT2D eigenvalue weighted by atomic mass is 16.3.